The van der Waals surface area contributed by atoms with Gasteiger partial charge in [0, 0.05) is 36.7 Å². The molecule has 134 valence electrons. The fraction of sp³-hybridized carbons (Fsp3) is 0.474. The fourth-order valence-corrected chi connectivity index (χ4v) is 3.53. The summed E-state index contributed by atoms with van der Waals surface area (Å²) >= 11 is 0. The average molecular weight is 344 g/mol. The van der Waals surface area contributed by atoms with Gasteiger partial charge in [-0.2, -0.15) is 0 Å². The summed E-state index contributed by atoms with van der Waals surface area (Å²) in [6, 6.07) is 6.01. The molecule has 0 radical (unpaired) electrons. The lowest BCUT2D eigenvalue weighted by Crippen LogP contribution is -2.44. The molecule has 1 aromatic carbocycles. The highest BCUT2D eigenvalue weighted by Crippen LogP contribution is 2.24. The molecule has 25 heavy (non-hydrogen) atoms. The molecule has 1 amide bonds. The number of amides is 1. The molecule has 3 rings (SSSR count). The van der Waals surface area contributed by atoms with Gasteiger partial charge in [-0.25, -0.2) is 0 Å². The smallest absolute Gasteiger partial charge is 0.305 e. The predicted octanol–water partition coefficient (Wildman–Crippen LogP) is 2.88. The molecule has 1 aliphatic heterocycles. The number of rotatable bonds is 5. The minimum Gasteiger partial charge on any atom is -0.481 e. The summed E-state index contributed by atoms with van der Waals surface area (Å²) in [6.07, 6.45) is 1.43. The van der Waals surface area contributed by atoms with Crippen LogP contribution in [0.2, 0.25) is 0 Å². The maximum Gasteiger partial charge on any atom is 0.305 e. The molecule has 1 saturated heterocycles. The second-order valence-corrected chi connectivity index (χ2v) is 6.71. The van der Waals surface area contributed by atoms with Crippen molar-refractivity contribution in [3.8, 4) is 0 Å². The first-order valence-electron chi connectivity index (χ1n) is 8.66. The van der Waals surface area contributed by atoms with Crippen LogP contribution in [-0.2, 0) is 9.53 Å². The third-order valence-electron chi connectivity index (χ3n) is 4.78. The topological polar surface area (TPSA) is 82.6 Å². The number of H-pyrrole nitrogens is 1. The summed E-state index contributed by atoms with van der Waals surface area (Å²) in [7, 11) is 0. The first-order valence-corrected chi connectivity index (χ1v) is 8.66. The van der Waals surface area contributed by atoms with Crippen LogP contribution in [0.25, 0.3) is 10.9 Å². The van der Waals surface area contributed by atoms with E-state index < -0.39 is 5.97 Å². The van der Waals surface area contributed by atoms with Crippen molar-refractivity contribution in [1.29, 1.82) is 0 Å². The van der Waals surface area contributed by atoms with Gasteiger partial charge in [-0.15, -0.1) is 0 Å². The van der Waals surface area contributed by atoms with E-state index in [-0.39, 0.29) is 24.9 Å². The van der Waals surface area contributed by atoms with Crippen LogP contribution in [0.4, 0.5) is 0 Å². The van der Waals surface area contributed by atoms with Crippen LogP contribution >= 0.6 is 0 Å². The number of carboxylic acid groups (broad SMARTS) is 1. The number of carbonyl (C=O) groups excluding carboxylic acids is 1. The zero-order valence-electron chi connectivity index (χ0n) is 14.7. The number of benzene rings is 1. The van der Waals surface area contributed by atoms with Crippen molar-refractivity contribution in [2.75, 3.05) is 19.8 Å². The molecular formula is C19H24N2O4. The van der Waals surface area contributed by atoms with Gasteiger partial charge in [-0.05, 0) is 49.9 Å². The molecule has 0 saturated carbocycles. The van der Waals surface area contributed by atoms with Crippen molar-refractivity contribution in [3.05, 3.63) is 35.0 Å². The van der Waals surface area contributed by atoms with Crippen LogP contribution in [0.15, 0.2) is 18.2 Å². The number of hydrogen-bond donors (Lipinski definition) is 2. The number of nitrogens with zero attached hydrogens (tertiary/aromatic N) is 1. The van der Waals surface area contributed by atoms with Gasteiger partial charge in [0.15, 0.2) is 0 Å². The van der Waals surface area contributed by atoms with E-state index in [2.05, 4.69) is 11.1 Å². The van der Waals surface area contributed by atoms with E-state index >= 15 is 0 Å². The van der Waals surface area contributed by atoms with Crippen molar-refractivity contribution in [2.45, 2.75) is 39.2 Å². The lowest BCUT2D eigenvalue weighted by Gasteiger charge is -2.33. The highest BCUT2D eigenvalue weighted by Gasteiger charge is 2.28. The lowest BCUT2D eigenvalue weighted by molar-refractivity contribution is -0.137. The average Bonchev–Trinajstić information content (AvgIpc) is 3.00. The molecule has 6 nitrogen and oxygen atoms in total. The Bertz CT molecular complexity index is 790. The molecule has 0 aliphatic carbocycles. The Labute approximate surface area is 146 Å². The summed E-state index contributed by atoms with van der Waals surface area (Å²) in [4.78, 5) is 29.0. The third kappa shape index (κ3) is 3.85. The minimum atomic E-state index is -0.895. The van der Waals surface area contributed by atoms with Crippen molar-refractivity contribution in [2.24, 2.45) is 0 Å². The molecular weight excluding hydrogens is 320 g/mol. The predicted molar refractivity (Wildman–Crippen MR) is 94.9 cm³/mol. The number of carboxylic acids is 1. The number of ether oxygens (including phenoxy) is 1. The number of fused-ring (bicyclic) bond motifs is 1. The Morgan fingerprint density at radius 2 is 1.96 bits per heavy atom. The molecule has 1 aliphatic rings. The number of aromatic nitrogens is 1. The molecule has 0 bridgehead atoms. The fourth-order valence-electron chi connectivity index (χ4n) is 3.53. The molecule has 0 unspecified atom stereocenters. The number of carbonyl (C=O) groups is 2. The second kappa shape index (κ2) is 7.27. The second-order valence-electron chi connectivity index (χ2n) is 6.71. The summed E-state index contributed by atoms with van der Waals surface area (Å²) in [5, 5.41) is 10.1. The van der Waals surface area contributed by atoms with Gasteiger partial charge in [0.2, 0.25) is 0 Å². The van der Waals surface area contributed by atoms with E-state index in [9.17, 15) is 9.59 Å². The van der Waals surface area contributed by atoms with E-state index in [1.807, 2.05) is 26.0 Å². The summed E-state index contributed by atoms with van der Waals surface area (Å²) < 4.78 is 5.38. The van der Waals surface area contributed by atoms with Crippen LogP contribution < -0.4 is 0 Å². The van der Waals surface area contributed by atoms with Gasteiger partial charge in [0.1, 0.15) is 5.69 Å². The zero-order chi connectivity index (χ0) is 18.0. The molecule has 1 fully saturated rings. The maximum atomic E-state index is 13.1. The first kappa shape index (κ1) is 17.5. The highest BCUT2D eigenvalue weighted by atomic mass is 16.5. The van der Waals surface area contributed by atoms with Crippen LogP contribution in [0.1, 0.15) is 40.9 Å². The van der Waals surface area contributed by atoms with Gasteiger partial charge in [0.25, 0.3) is 5.91 Å². The number of nitrogens with one attached hydrogen (secondary N) is 1. The molecule has 1 aromatic heterocycles. The zero-order valence-corrected chi connectivity index (χ0v) is 14.7. The van der Waals surface area contributed by atoms with Crippen LogP contribution in [-0.4, -0.2) is 52.7 Å². The lowest BCUT2D eigenvalue weighted by atomic mass is 10.1. The number of aromatic amines is 1. The normalized spacial score (nSPS) is 15.4. The Morgan fingerprint density at radius 3 is 2.64 bits per heavy atom. The van der Waals surface area contributed by atoms with Crippen molar-refractivity contribution in [1.82, 2.24) is 9.88 Å². The van der Waals surface area contributed by atoms with E-state index in [0.717, 1.165) is 34.9 Å². The van der Waals surface area contributed by atoms with Gasteiger partial charge in [-0.1, -0.05) is 6.07 Å². The Balaban J connectivity index is 1.90. The van der Waals surface area contributed by atoms with E-state index in [4.69, 9.17) is 9.84 Å². The van der Waals surface area contributed by atoms with E-state index in [0.29, 0.717) is 18.9 Å². The monoisotopic (exact) mass is 344 g/mol. The molecule has 2 aromatic rings. The largest absolute Gasteiger partial charge is 0.481 e. The number of aryl methyl sites for hydroxylation is 2. The van der Waals surface area contributed by atoms with Crippen molar-refractivity contribution in [3.63, 3.8) is 0 Å². The molecule has 6 heteroatoms. The van der Waals surface area contributed by atoms with Gasteiger partial charge >= 0.3 is 5.97 Å². The number of aliphatic carboxylic acids is 1. The Morgan fingerprint density at radius 1 is 1.24 bits per heavy atom. The van der Waals surface area contributed by atoms with Crippen LogP contribution in [0, 0.1) is 13.8 Å². The maximum absolute atomic E-state index is 13.1. The van der Waals surface area contributed by atoms with Crippen LogP contribution in [0.5, 0.6) is 0 Å². The van der Waals surface area contributed by atoms with Crippen LogP contribution in [0.3, 0.4) is 0 Å². The summed E-state index contributed by atoms with van der Waals surface area (Å²) in [5.74, 6) is -1.03. The molecule has 0 atom stereocenters. The third-order valence-corrected chi connectivity index (χ3v) is 4.78. The standard InChI is InChI=1S/C19H24N2O4/c1-12-9-13(2)15-11-17(20-16(15)10-12)19(24)21(6-3-18(22)23)14-4-7-25-8-5-14/h9-11,14,20H,3-8H2,1-2H3,(H,22,23). The van der Waals surface area contributed by atoms with Crippen molar-refractivity contribution >= 4 is 22.8 Å². The summed E-state index contributed by atoms with van der Waals surface area (Å²) in [6.45, 7) is 5.47. The molecule has 0 spiro atoms. The van der Waals surface area contributed by atoms with Gasteiger partial charge in [0.05, 0.1) is 6.42 Å². The summed E-state index contributed by atoms with van der Waals surface area (Å²) in [5.41, 5.74) is 3.71. The SMILES string of the molecule is Cc1cc(C)c2cc(C(=O)N(CCC(=O)O)C3CCOCC3)[nH]c2c1. The quantitative estimate of drug-likeness (QED) is 0.874. The Kier molecular flexibility index (Phi) is 5.08. The minimum absolute atomic E-state index is 0.0230. The molecule has 2 heterocycles. The van der Waals surface area contributed by atoms with E-state index in [1.54, 1.807) is 4.90 Å². The van der Waals surface area contributed by atoms with E-state index in [1.165, 1.54) is 0 Å². The molecule has 2 N–H and O–H groups in total. The number of hydrogen-bond acceptors (Lipinski definition) is 3. The first-order chi connectivity index (χ1) is 12.0. The van der Waals surface area contributed by atoms with Crippen molar-refractivity contribution < 1.29 is 19.4 Å². The highest BCUT2D eigenvalue weighted by molar-refractivity contribution is 5.99. The van der Waals surface area contributed by atoms with Gasteiger partial charge in [-0.3, -0.25) is 9.59 Å². The Hall–Kier alpha value is -2.34. The van der Waals surface area contributed by atoms with Gasteiger partial charge < -0.3 is 19.7 Å².